The fraction of sp³-hybridized carbons (Fsp3) is 0.594. The number of carbonyl (C=O) groups excluding carboxylic acids is 1. The molecule has 1 saturated carbocycles. The summed E-state index contributed by atoms with van der Waals surface area (Å²) >= 11 is 6.70. The van der Waals surface area contributed by atoms with Crippen molar-refractivity contribution in [3.8, 4) is 0 Å². The van der Waals surface area contributed by atoms with E-state index in [-0.39, 0.29) is 23.2 Å². The number of alkyl halides is 1. The molecule has 39 heavy (non-hydrogen) atoms. The normalized spacial score (nSPS) is 24.5. The van der Waals surface area contributed by atoms with Gasteiger partial charge in [0.25, 0.3) is 0 Å². The van der Waals surface area contributed by atoms with Crippen molar-refractivity contribution in [2.24, 2.45) is 5.92 Å². The number of unbranched alkanes of at least 4 members (excludes halogenated alkanes) is 3. The fourth-order valence-corrected chi connectivity index (χ4v) is 6.44. The number of morpholine rings is 1. The number of hydrogen-bond donors (Lipinski definition) is 2. The molecule has 1 unspecified atom stereocenters. The van der Waals surface area contributed by atoms with Gasteiger partial charge in [-0.15, -0.1) is 11.6 Å². The van der Waals surface area contributed by atoms with Crippen LogP contribution >= 0.6 is 11.6 Å². The Morgan fingerprint density at radius 3 is 2.49 bits per heavy atom. The SMILES string of the molecule is O=C(CCCCCC[C@@H]1[C@@H](c2ccc(C(O)Cc3ccccc3)cc2)[C@H](O)C[C@H]1Cl)OCCN1CCOCC1. The van der Waals surface area contributed by atoms with Gasteiger partial charge < -0.3 is 19.7 Å². The minimum atomic E-state index is -0.562. The molecule has 0 bridgehead atoms. The molecule has 0 radical (unpaired) electrons. The first kappa shape index (κ1) is 30.0. The number of rotatable bonds is 14. The summed E-state index contributed by atoms with van der Waals surface area (Å²) in [5.41, 5.74) is 3.07. The van der Waals surface area contributed by atoms with Crippen LogP contribution in [0.4, 0.5) is 0 Å². The maximum Gasteiger partial charge on any atom is 0.305 e. The van der Waals surface area contributed by atoms with Crippen LogP contribution in [0.1, 0.15) is 73.7 Å². The van der Waals surface area contributed by atoms with Crippen LogP contribution in [-0.4, -0.2) is 72.0 Å². The molecule has 2 aliphatic rings. The first-order valence-electron chi connectivity index (χ1n) is 14.6. The summed E-state index contributed by atoms with van der Waals surface area (Å²) in [4.78, 5) is 14.3. The van der Waals surface area contributed by atoms with E-state index in [9.17, 15) is 15.0 Å². The molecule has 214 valence electrons. The smallest absolute Gasteiger partial charge is 0.305 e. The lowest BCUT2D eigenvalue weighted by Crippen LogP contribution is -2.38. The second-order valence-corrected chi connectivity index (χ2v) is 11.6. The van der Waals surface area contributed by atoms with Crippen molar-refractivity contribution >= 4 is 17.6 Å². The third-order valence-electron chi connectivity index (χ3n) is 8.23. The highest BCUT2D eigenvalue weighted by Crippen LogP contribution is 2.45. The number of hydrogen-bond acceptors (Lipinski definition) is 6. The van der Waals surface area contributed by atoms with Gasteiger partial charge in [-0.05, 0) is 41.9 Å². The Labute approximate surface area is 238 Å². The topological polar surface area (TPSA) is 79.2 Å². The van der Waals surface area contributed by atoms with Crippen LogP contribution < -0.4 is 0 Å². The Kier molecular flexibility index (Phi) is 12.1. The highest BCUT2D eigenvalue weighted by Gasteiger charge is 2.41. The van der Waals surface area contributed by atoms with E-state index in [2.05, 4.69) is 4.90 Å². The highest BCUT2D eigenvalue weighted by atomic mass is 35.5. The summed E-state index contributed by atoms with van der Waals surface area (Å²) in [6, 6.07) is 18.0. The van der Waals surface area contributed by atoms with Gasteiger partial charge in [-0.2, -0.15) is 0 Å². The molecule has 1 aliphatic carbocycles. The van der Waals surface area contributed by atoms with Gasteiger partial charge >= 0.3 is 5.97 Å². The highest BCUT2D eigenvalue weighted by molar-refractivity contribution is 6.21. The predicted octanol–water partition coefficient (Wildman–Crippen LogP) is 5.25. The molecule has 2 fully saturated rings. The molecular formula is C32H44ClNO5. The molecule has 1 heterocycles. The van der Waals surface area contributed by atoms with Gasteiger partial charge in [-0.25, -0.2) is 0 Å². The summed E-state index contributed by atoms with van der Waals surface area (Å²) in [6.45, 7) is 4.55. The molecule has 4 rings (SSSR count). The maximum absolute atomic E-state index is 12.0. The van der Waals surface area contributed by atoms with E-state index in [1.807, 2.05) is 54.6 Å². The number of esters is 1. The van der Waals surface area contributed by atoms with Gasteiger partial charge in [0, 0.05) is 43.8 Å². The molecule has 0 aromatic heterocycles. The van der Waals surface area contributed by atoms with Crippen molar-refractivity contribution in [3.05, 3.63) is 71.3 Å². The van der Waals surface area contributed by atoms with E-state index in [0.29, 0.717) is 25.9 Å². The molecule has 1 aliphatic heterocycles. The summed E-state index contributed by atoms with van der Waals surface area (Å²) in [6.07, 6.45) is 5.47. The first-order valence-corrected chi connectivity index (χ1v) is 15.0. The van der Waals surface area contributed by atoms with Crippen LogP contribution in [-0.2, 0) is 20.7 Å². The van der Waals surface area contributed by atoms with E-state index in [0.717, 1.165) is 81.6 Å². The van der Waals surface area contributed by atoms with E-state index in [1.165, 1.54) is 0 Å². The van der Waals surface area contributed by atoms with Crippen LogP contribution in [0, 0.1) is 5.92 Å². The number of benzene rings is 2. The minimum absolute atomic E-state index is 0.00857. The van der Waals surface area contributed by atoms with Crippen LogP contribution in [0.5, 0.6) is 0 Å². The van der Waals surface area contributed by atoms with E-state index in [4.69, 9.17) is 21.1 Å². The zero-order valence-electron chi connectivity index (χ0n) is 22.9. The molecule has 1 saturated heterocycles. The number of halogens is 1. The Bertz CT molecular complexity index is 982. The summed E-state index contributed by atoms with van der Waals surface area (Å²) in [5, 5.41) is 21.5. The summed E-state index contributed by atoms with van der Waals surface area (Å²) < 4.78 is 10.7. The Balaban J connectivity index is 1.16. The average molecular weight is 558 g/mol. The maximum atomic E-state index is 12.0. The second kappa shape index (κ2) is 15.7. The second-order valence-electron chi connectivity index (χ2n) is 11.0. The molecule has 2 aromatic carbocycles. The molecule has 0 spiro atoms. The molecule has 0 amide bonds. The van der Waals surface area contributed by atoms with Gasteiger partial charge in [0.2, 0.25) is 0 Å². The largest absolute Gasteiger partial charge is 0.464 e. The quantitative estimate of drug-likeness (QED) is 0.188. The zero-order valence-corrected chi connectivity index (χ0v) is 23.7. The Hall–Kier alpha value is -1.96. The Morgan fingerprint density at radius 2 is 1.74 bits per heavy atom. The van der Waals surface area contributed by atoms with Crippen LogP contribution in [0.15, 0.2) is 54.6 Å². The fourth-order valence-electron chi connectivity index (χ4n) is 5.98. The third-order valence-corrected chi connectivity index (χ3v) is 8.73. The monoisotopic (exact) mass is 557 g/mol. The lowest BCUT2D eigenvalue weighted by Gasteiger charge is -2.26. The van der Waals surface area contributed by atoms with Crippen LogP contribution in [0.2, 0.25) is 0 Å². The van der Waals surface area contributed by atoms with Gasteiger partial charge in [-0.3, -0.25) is 9.69 Å². The van der Waals surface area contributed by atoms with Gasteiger partial charge in [0.05, 0.1) is 25.4 Å². The average Bonchev–Trinajstić information content (AvgIpc) is 3.24. The molecule has 2 aromatic rings. The third kappa shape index (κ3) is 9.29. The van der Waals surface area contributed by atoms with E-state index >= 15 is 0 Å². The van der Waals surface area contributed by atoms with Crippen molar-refractivity contribution in [3.63, 3.8) is 0 Å². The number of aliphatic hydroxyl groups is 2. The van der Waals surface area contributed by atoms with Gasteiger partial charge in [-0.1, -0.05) is 73.9 Å². The molecule has 2 N–H and O–H groups in total. The molecule has 5 atom stereocenters. The van der Waals surface area contributed by atoms with Crippen molar-refractivity contribution in [1.82, 2.24) is 4.90 Å². The number of ether oxygens (including phenoxy) is 2. The van der Waals surface area contributed by atoms with Crippen LogP contribution in [0.3, 0.4) is 0 Å². The van der Waals surface area contributed by atoms with Crippen molar-refractivity contribution in [2.75, 3.05) is 39.5 Å². The molecule has 7 heteroatoms. The van der Waals surface area contributed by atoms with Crippen LogP contribution in [0.25, 0.3) is 0 Å². The van der Waals surface area contributed by atoms with Crippen molar-refractivity contribution in [1.29, 1.82) is 0 Å². The Morgan fingerprint density at radius 1 is 1.03 bits per heavy atom. The molecule has 6 nitrogen and oxygen atoms in total. The first-order chi connectivity index (χ1) is 19.0. The lowest BCUT2D eigenvalue weighted by atomic mass is 9.83. The number of carbonyl (C=O) groups is 1. The predicted molar refractivity (Wildman–Crippen MR) is 154 cm³/mol. The van der Waals surface area contributed by atoms with E-state index < -0.39 is 12.2 Å². The standard InChI is InChI=1S/C32H44ClNO5/c33-28-23-30(36)32(26-14-12-25(13-15-26)29(35)22-24-8-4-3-5-9-24)27(28)10-6-1-2-7-11-31(37)39-21-18-34-16-19-38-20-17-34/h3-5,8-9,12-15,27-30,32,35-36H,1-2,6-7,10-11,16-23H2/t27-,28+,29?,30+,32+/m0/s1. The minimum Gasteiger partial charge on any atom is -0.464 e. The van der Waals surface area contributed by atoms with Gasteiger partial charge in [0.1, 0.15) is 6.61 Å². The molecular weight excluding hydrogens is 514 g/mol. The number of nitrogens with zero attached hydrogens (tertiary/aromatic N) is 1. The summed E-state index contributed by atoms with van der Waals surface area (Å²) in [5.74, 6) is 0.113. The van der Waals surface area contributed by atoms with Gasteiger partial charge in [0.15, 0.2) is 0 Å². The van der Waals surface area contributed by atoms with E-state index in [1.54, 1.807) is 0 Å². The lowest BCUT2D eigenvalue weighted by molar-refractivity contribution is -0.144. The number of aliphatic hydroxyl groups excluding tert-OH is 2. The van der Waals surface area contributed by atoms with Crippen molar-refractivity contribution < 1.29 is 24.5 Å². The van der Waals surface area contributed by atoms with Crippen molar-refractivity contribution in [2.45, 2.75) is 74.9 Å². The summed E-state index contributed by atoms with van der Waals surface area (Å²) in [7, 11) is 0. The zero-order chi connectivity index (χ0) is 27.5.